The Balaban J connectivity index is 2.03. The highest BCUT2D eigenvalue weighted by Crippen LogP contribution is 2.27. The summed E-state index contributed by atoms with van der Waals surface area (Å²) in [5.74, 6) is -1.78. The van der Waals surface area contributed by atoms with E-state index in [-0.39, 0.29) is 12.4 Å². The van der Waals surface area contributed by atoms with E-state index in [0.29, 0.717) is 24.1 Å². The lowest BCUT2D eigenvalue weighted by Gasteiger charge is -2.19. The average molecular weight is 407 g/mol. The van der Waals surface area contributed by atoms with E-state index in [1.165, 1.54) is 12.1 Å². The van der Waals surface area contributed by atoms with Gasteiger partial charge in [0.25, 0.3) is 0 Å². The number of phenolic OH excluding ortho intramolecular Hbond substituents is 1. The summed E-state index contributed by atoms with van der Waals surface area (Å²) in [7, 11) is 0. The lowest BCUT2D eigenvalue weighted by molar-refractivity contribution is -0.140. The van der Waals surface area contributed by atoms with Crippen LogP contribution in [0.15, 0.2) is 42.5 Å². The van der Waals surface area contributed by atoms with Crippen LogP contribution in [0.2, 0.25) is 0 Å². The van der Waals surface area contributed by atoms with Crippen molar-refractivity contribution < 1.29 is 28.6 Å². The molecule has 0 aromatic heterocycles. The summed E-state index contributed by atoms with van der Waals surface area (Å²) in [6.07, 6.45) is -0.791. The lowest BCUT2D eigenvalue weighted by Crippen LogP contribution is -2.18. The molecule has 0 unspecified atom stereocenters. The highest BCUT2D eigenvalue weighted by molar-refractivity contribution is 7.81. The zero-order chi connectivity index (χ0) is 20.5. The third-order valence-corrected chi connectivity index (χ3v) is 4.15. The molecule has 6 nitrogen and oxygen atoms in total. The first-order valence-corrected chi connectivity index (χ1v) is 9.31. The molecule has 0 spiro atoms. The largest absolute Gasteiger partial charge is 0.505 e. The van der Waals surface area contributed by atoms with Crippen LogP contribution in [0.3, 0.4) is 0 Å². The number of aromatic hydroxyl groups is 1. The molecule has 1 amide bonds. The molecule has 28 heavy (non-hydrogen) atoms. The maximum atomic E-state index is 13.7. The smallest absolute Gasteiger partial charge is 0.412 e. The monoisotopic (exact) mass is 407 g/mol. The fourth-order valence-corrected chi connectivity index (χ4v) is 2.52. The first-order chi connectivity index (χ1) is 13.4. The number of carbonyl (C=O) groups excluding carboxylic acids is 2. The topological polar surface area (TPSA) is 84.9 Å². The number of nitrogens with one attached hydrogen (secondary N) is 1. The van der Waals surface area contributed by atoms with Crippen LogP contribution in [0.5, 0.6) is 5.75 Å². The minimum atomic E-state index is -0.813. The quantitative estimate of drug-likeness (QED) is 0.343. The number of aryl methyl sites for hydroxylation is 1. The highest BCUT2D eigenvalue weighted by atomic mass is 32.1. The molecule has 0 aliphatic heterocycles. The molecule has 0 aliphatic carbocycles. The van der Waals surface area contributed by atoms with Gasteiger partial charge in [-0.1, -0.05) is 23.8 Å². The number of esters is 1. The number of anilines is 1. The van der Waals surface area contributed by atoms with E-state index in [1.54, 1.807) is 12.1 Å². The molecule has 0 heterocycles. The van der Waals surface area contributed by atoms with Crippen molar-refractivity contribution in [2.24, 2.45) is 0 Å². The van der Waals surface area contributed by atoms with E-state index in [4.69, 9.17) is 9.47 Å². The normalized spacial score (nSPS) is 11.5. The molecule has 2 rings (SSSR count). The van der Waals surface area contributed by atoms with Crippen molar-refractivity contribution in [1.82, 2.24) is 0 Å². The van der Waals surface area contributed by atoms with Gasteiger partial charge in [-0.3, -0.25) is 10.1 Å². The number of thiol groups is 1. The first kappa shape index (κ1) is 21.6. The van der Waals surface area contributed by atoms with Gasteiger partial charge in [0.1, 0.15) is 6.10 Å². The van der Waals surface area contributed by atoms with Crippen molar-refractivity contribution in [1.29, 1.82) is 0 Å². The van der Waals surface area contributed by atoms with Crippen molar-refractivity contribution in [3.63, 3.8) is 0 Å². The third-order valence-electron chi connectivity index (χ3n) is 3.89. The Kier molecular flexibility index (Phi) is 8.13. The summed E-state index contributed by atoms with van der Waals surface area (Å²) in [6.45, 7) is 2.05. The average Bonchev–Trinajstić information content (AvgIpc) is 2.68. The number of hydrogen-bond acceptors (Lipinski definition) is 6. The maximum Gasteiger partial charge on any atom is 0.412 e. The Morgan fingerprint density at radius 1 is 1.21 bits per heavy atom. The Morgan fingerprint density at radius 2 is 1.93 bits per heavy atom. The van der Waals surface area contributed by atoms with Gasteiger partial charge in [-0.25, -0.2) is 9.18 Å². The highest BCUT2D eigenvalue weighted by Gasteiger charge is 2.19. The fraction of sp³-hybridized carbons (Fsp3) is 0.300. The van der Waals surface area contributed by atoms with Crippen molar-refractivity contribution in [2.45, 2.75) is 25.9 Å². The second-order valence-electron chi connectivity index (χ2n) is 6.12. The second kappa shape index (κ2) is 10.6. The van der Waals surface area contributed by atoms with Crippen molar-refractivity contribution >= 4 is 30.4 Å². The minimum absolute atomic E-state index is 0.0257. The van der Waals surface area contributed by atoms with Gasteiger partial charge >= 0.3 is 12.1 Å². The SMILES string of the molecule is Cc1ccc(NC(=O)O[C@@H](CCCOC(=O)CS)c2ccc(O)c(F)c2)cc1. The molecule has 0 radical (unpaired) electrons. The lowest BCUT2D eigenvalue weighted by atomic mass is 10.0. The number of hydrogen-bond donors (Lipinski definition) is 3. The van der Waals surface area contributed by atoms with Crippen LogP contribution in [-0.4, -0.2) is 29.5 Å². The van der Waals surface area contributed by atoms with Gasteiger partial charge in [0.2, 0.25) is 0 Å². The van der Waals surface area contributed by atoms with Gasteiger partial charge in [-0.15, -0.1) is 0 Å². The van der Waals surface area contributed by atoms with Gasteiger partial charge in [-0.2, -0.15) is 12.6 Å². The van der Waals surface area contributed by atoms with Gasteiger partial charge < -0.3 is 14.6 Å². The van der Waals surface area contributed by atoms with Gasteiger partial charge in [0.05, 0.1) is 12.4 Å². The Morgan fingerprint density at radius 3 is 2.57 bits per heavy atom. The number of carbonyl (C=O) groups is 2. The van der Waals surface area contributed by atoms with Gasteiger partial charge in [0.15, 0.2) is 11.6 Å². The summed E-state index contributed by atoms with van der Waals surface area (Å²) in [6, 6.07) is 10.9. The van der Waals surface area contributed by atoms with E-state index in [1.807, 2.05) is 19.1 Å². The second-order valence-corrected chi connectivity index (χ2v) is 6.43. The molecular formula is C20H22FNO5S. The molecule has 150 valence electrons. The fourth-order valence-electron chi connectivity index (χ4n) is 2.43. The summed E-state index contributed by atoms with van der Waals surface area (Å²) in [5.41, 5.74) is 2.00. The van der Waals surface area contributed by atoms with E-state index < -0.39 is 29.7 Å². The molecule has 0 aliphatic rings. The van der Waals surface area contributed by atoms with Gasteiger partial charge in [-0.05, 0) is 49.6 Å². The van der Waals surface area contributed by atoms with Crippen LogP contribution < -0.4 is 5.32 Å². The molecule has 0 saturated heterocycles. The molecule has 2 N–H and O–H groups in total. The molecule has 2 aromatic carbocycles. The zero-order valence-electron chi connectivity index (χ0n) is 15.4. The Bertz CT molecular complexity index is 813. The minimum Gasteiger partial charge on any atom is -0.505 e. The van der Waals surface area contributed by atoms with Gasteiger partial charge in [0, 0.05) is 5.69 Å². The number of benzene rings is 2. The summed E-state index contributed by atoms with van der Waals surface area (Å²) in [4.78, 5) is 23.4. The summed E-state index contributed by atoms with van der Waals surface area (Å²) < 4.78 is 24.1. The summed E-state index contributed by atoms with van der Waals surface area (Å²) in [5, 5.41) is 12.0. The number of halogens is 1. The molecule has 0 fully saturated rings. The molecule has 2 aromatic rings. The van der Waals surface area contributed by atoms with Crippen molar-refractivity contribution in [2.75, 3.05) is 17.7 Å². The predicted octanol–water partition coefficient (Wildman–Crippen LogP) is 4.38. The number of rotatable bonds is 8. The summed E-state index contributed by atoms with van der Waals surface area (Å²) >= 11 is 3.82. The van der Waals surface area contributed by atoms with E-state index in [9.17, 15) is 19.1 Å². The van der Waals surface area contributed by atoms with Crippen LogP contribution in [0.25, 0.3) is 0 Å². The van der Waals surface area contributed by atoms with Crippen molar-refractivity contribution in [3.05, 3.63) is 59.4 Å². The molecule has 0 saturated carbocycles. The number of phenols is 1. The number of amides is 1. The third kappa shape index (κ3) is 6.77. The zero-order valence-corrected chi connectivity index (χ0v) is 16.2. The van der Waals surface area contributed by atoms with E-state index in [2.05, 4.69) is 17.9 Å². The van der Waals surface area contributed by atoms with Crippen LogP contribution in [-0.2, 0) is 14.3 Å². The van der Waals surface area contributed by atoms with Crippen LogP contribution in [0.4, 0.5) is 14.9 Å². The molecule has 1 atom stereocenters. The van der Waals surface area contributed by atoms with E-state index in [0.717, 1.165) is 11.6 Å². The molecule has 8 heteroatoms. The molecule has 0 bridgehead atoms. The maximum absolute atomic E-state index is 13.7. The Hall–Kier alpha value is -2.74. The van der Waals surface area contributed by atoms with Crippen LogP contribution >= 0.6 is 12.6 Å². The first-order valence-electron chi connectivity index (χ1n) is 8.68. The molecular weight excluding hydrogens is 385 g/mol. The van der Waals surface area contributed by atoms with E-state index >= 15 is 0 Å². The Labute approximate surface area is 168 Å². The van der Waals surface area contributed by atoms with Crippen molar-refractivity contribution in [3.8, 4) is 5.75 Å². The van der Waals surface area contributed by atoms with Crippen LogP contribution in [0, 0.1) is 12.7 Å². The number of ether oxygens (including phenoxy) is 2. The predicted molar refractivity (Wildman–Crippen MR) is 106 cm³/mol. The standard InChI is InChI=1S/C20H22FNO5S/c1-13-4-7-15(8-5-13)22-20(25)27-18(3-2-10-26-19(24)12-28)14-6-9-17(23)16(21)11-14/h4-9,11,18,23,28H,2-3,10,12H2,1H3,(H,22,25)/t18-/m0/s1. The van der Waals surface area contributed by atoms with Crippen LogP contribution in [0.1, 0.15) is 30.1 Å².